The zero-order valence-corrected chi connectivity index (χ0v) is 12.7. The number of carboxylic acids is 2. The van der Waals surface area contributed by atoms with Crippen LogP contribution in [0.1, 0.15) is 44.2 Å². The van der Waals surface area contributed by atoms with Crippen LogP contribution in [0.4, 0.5) is 0 Å². The Balaban J connectivity index is 2.56. The van der Waals surface area contributed by atoms with Crippen LogP contribution < -0.4 is 0 Å². The van der Waals surface area contributed by atoms with Gasteiger partial charge in [0.25, 0.3) is 0 Å². The van der Waals surface area contributed by atoms with E-state index in [0.717, 1.165) is 18.4 Å². The van der Waals surface area contributed by atoms with Gasteiger partial charge >= 0.3 is 11.9 Å². The van der Waals surface area contributed by atoms with E-state index in [1.54, 1.807) is 6.92 Å². The molecular formula is C17H24O4. The Morgan fingerprint density at radius 2 is 1.52 bits per heavy atom. The van der Waals surface area contributed by atoms with E-state index in [4.69, 9.17) is 5.11 Å². The molecule has 2 N–H and O–H groups in total. The first-order chi connectivity index (χ1) is 9.93. The summed E-state index contributed by atoms with van der Waals surface area (Å²) in [5, 5.41) is 18.1. The summed E-state index contributed by atoms with van der Waals surface area (Å²) < 4.78 is 0. The van der Waals surface area contributed by atoms with Gasteiger partial charge in [-0.1, -0.05) is 44.5 Å². The Hall–Kier alpha value is -1.84. The fraction of sp³-hybridized carbons (Fsp3) is 0.529. The Labute approximate surface area is 125 Å². The number of rotatable bonds is 9. The monoisotopic (exact) mass is 292 g/mol. The van der Waals surface area contributed by atoms with Crippen molar-refractivity contribution in [1.82, 2.24) is 0 Å². The molecule has 21 heavy (non-hydrogen) atoms. The SMILES string of the molecule is CCCc1ccc(CC[C@H](CC(C)C(=O)O)C(=O)O)cc1. The van der Waals surface area contributed by atoms with E-state index in [2.05, 4.69) is 19.1 Å². The fourth-order valence-electron chi connectivity index (χ4n) is 2.37. The summed E-state index contributed by atoms with van der Waals surface area (Å²) in [6.07, 6.45) is 3.47. The lowest BCUT2D eigenvalue weighted by Gasteiger charge is -2.15. The molecule has 1 aromatic carbocycles. The predicted molar refractivity (Wildman–Crippen MR) is 81.3 cm³/mol. The van der Waals surface area contributed by atoms with Gasteiger partial charge in [0.2, 0.25) is 0 Å². The zero-order chi connectivity index (χ0) is 15.8. The molecule has 1 aromatic rings. The Kier molecular flexibility index (Phi) is 6.92. The van der Waals surface area contributed by atoms with Crippen LogP contribution in [0.25, 0.3) is 0 Å². The number of aliphatic carboxylic acids is 2. The summed E-state index contributed by atoms with van der Waals surface area (Å²) in [5.41, 5.74) is 2.39. The van der Waals surface area contributed by atoms with Crippen LogP contribution in [0.2, 0.25) is 0 Å². The van der Waals surface area contributed by atoms with Crippen LogP contribution in [0.5, 0.6) is 0 Å². The first-order valence-corrected chi connectivity index (χ1v) is 7.47. The van der Waals surface area contributed by atoms with Crippen molar-refractivity contribution >= 4 is 11.9 Å². The summed E-state index contributed by atoms with van der Waals surface area (Å²) in [6, 6.07) is 8.22. The minimum Gasteiger partial charge on any atom is -0.481 e. The fourth-order valence-corrected chi connectivity index (χ4v) is 2.37. The molecule has 1 unspecified atom stereocenters. The van der Waals surface area contributed by atoms with Gasteiger partial charge < -0.3 is 10.2 Å². The molecule has 0 saturated carbocycles. The van der Waals surface area contributed by atoms with Crippen LogP contribution >= 0.6 is 0 Å². The topological polar surface area (TPSA) is 74.6 Å². The van der Waals surface area contributed by atoms with E-state index in [-0.39, 0.29) is 6.42 Å². The Morgan fingerprint density at radius 1 is 1.00 bits per heavy atom. The molecular weight excluding hydrogens is 268 g/mol. The van der Waals surface area contributed by atoms with Crippen molar-refractivity contribution in [2.75, 3.05) is 0 Å². The number of carbonyl (C=O) groups is 2. The molecule has 0 bridgehead atoms. The van der Waals surface area contributed by atoms with Gasteiger partial charge in [-0.25, -0.2) is 0 Å². The molecule has 1 rings (SSSR count). The second-order valence-electron chi connectivity index (χ2n) is 5.62. The molecule has 0 aliphatic rings. The van der Waals surface area contributed by atoms with Crippen LogP contribution in [0.3, 0.4) is 0 Å². The van der Waals surface area contributed by atoms with E-state index >= 15 is 0 Å². The van der Waals surface area contributed by atoms with Crippen LogP contribution in [-0.2, 0) is 22.4 Å². The van der Waals surface area contributed by atoms with Crippen molar-refractivity contribution in [3.8, 4) is 0 Å². The van der Waals surface area contributed by atoms with Crippen molar-refractivity contribution < 1.29 is 19.8 Å². The van der Waals surface area contributed by atoms with Crippen molar-refractivity contribution in [3.63, 3.8) is 0 Å². The van der Waals surface area contributed by atoms with Gasteiger partial charge in [-0.3, -0.25) is 9.59 Å². The van der Waals surface area contributed by atoms with Crippen LogP contribution in [0.15, 0.2) is 24.3 Å². The molecule has 0 fully saturated rings. The number of hydrogen-bond donors (Lipinski definition) is 2. The van der Waals surface area contributed by atoms with Crippen molar-refractivity contribution in [1.29, 1.82) is 0 Å². The van der Waals surface area contributed by atoms with E-state index in [1.165, 1.54) is 5.56 Å². The molecule has 116 valence electrons. The quantitative estimate of drug-likeness (QED) is 0.731. The van der Waals surface area contributed by atoms with E-state index in [1.807, 2.05) is 12.1 Å². The molecule has 0 heterocycles. The van der Waals surface area contributed by atoms with Gasteiger partial charge in [0.1, 0.15) is 0 Å². The van der Waals surface area contributed by atoms with Gasteiger partial charge in [0.05, 0.1) is 11.8 Å². The smallest absolute Gasteiger partial charge is 0.306 e. The second kappa shape index (κ2) is 8.45. The summed E-state index contributed by atoms with van der Waals surface area (Å²) in [4.78, 5) is 22.1. The molecule has 2 atom stereocenters. The van der Waals surface area contributed by atoms with Gasteiger partial charge in [-0.15, -0.1) is 0 Å². The standard InChI is InChI=1S/C17H24O4/c1-3-4-13-5-7-14(8-6-13)9-10-15(17(20)21)11-12(2)16(18)19/h5-8,12,15H,3-4,9-11H2,1-2H3,(H,18,19)(H,20,21)/t12?,15-/m1/s1. The molecule has 4 heteroatoms. The molecule has 0 aromatic heterocycles. The Morgan fingerprint density at radius 3 is 1.95 bits per heavy atom. The van der Waals surface area contributed by atoms with Crippen molar-refractivity contribution in [2.45, 2.75) is 46.0 Å². The average Bonchev–Trinajstić information content (AvgIpc) is 2.44. The van der Waals surface area contributed by atoms with Crippen molar-refractivity contribution in [2.24, 2.45) is 11.8 Å². The third kappa shape index (κ3) is 5.98. The largest absolute Gasteiger partial charge is 0.481 e. The highest BCUT2D eigenvalue weighted by molar-refractivity contribution is 5.73. The minimum atomic E-state index is -0.940. The maximum Gasteiger partial charge on any atom is 0.306 e. The van der Waals surface area contributed by atoms with Gasteiger partial charge in [-0.2, -0.15) is 0 Å². The molecule has 0 radical (unpaired) electrons. The third-order valence-electron chi connectivity index (χ3n) is 3.75. The maximum absolute atomic E-state index is 11.2. The van der Waals surface area contributed by atoms with Gasteiger partial charge in [-0.05, 0) is 36.8 Å². The normalized spacial score (nSPS) is 13.6. The first kappa shape index (κ1) is 17.2. The number of aryl methyl sites for hydroxylation is 2. The highest BCUT2D eigenvalue weighted by Gasteiger charge is 2.23. The minimum absolute atomic E-state index is 0.179. The molecule has 0 aliphatic heterocycles. The second-order valence-corrected chi connectivity index (χ2v) is 5.62. The van der Waals surface area contributed by atoms with Crippen LogP contribution in [0, 0.1) is 11.8 Å². The predicted octanol–water partition coefficient (Wildman–Crippen LogP) is 3.38. The molecule has 0 amide bonds. The summed E-state index contributed by atoms with van der Waals surface area (Å²) in [7, 11) is 0. The zero-order valence-electron chi connectivity index (χ0n) is 12.7. The number of hydrogen-bond acceptors (Lipinski definition) is 2. The lowest BCUT2D eigenvalue weighted by molar-refractivity contribution is -0.145. The summed E-state index contributed by atoms with van der Waals surface area (Å²) in [5.74, 6) is -3.08. The van der Waals surface area contributed by atoms with Crippen LogP contribution in [-0.4, -0.2) is 22.2 Å². The van der Waals surface area contributed by atoms with Gasteiger partial charge in [0.15, 0.2) is 0 Å². The highest BCUT2D eigenvalue weighted by atomic mass is 16.4. The molecule has 0 aliphatic carbocycles. The summed E-state index contributed by atoms with van der Waals surface area (Å²) in [6.45, 7) is 3.69. The van der Waals surface area contributed by atoms with E-state index < -0.39 is 23.8 Å². The number of carboxylic acid groups (broad SMARTS) is 2. The molecule has 4 nitrogen and oxygen atoms in total. The third-order valence-corrected chi connectivity index (χ3v) is 3.75. The maximum atomic E-state index is 11.2. The molecule has 0 saturated heterocycles. The van der Waals surface area contributed by atoms with Crippen molar-refractivity contribution in [3.05, 3.63) is 35.4 Å². The first-order valence-electron chi connectivity index (χ1n) is 7.47. The summed E-state index contributed by atoms with van der Waals surface area (Å²) >= 11 is 0. The Bertz CT molecular complexity index is 464. The lowest BCUT2D eigenvalue weighted by Crippen LogP contribution is -2.21. The highest BCUT2D eigenvalue weighted by Crippen LogP contribution is 2.19. The number of benzene rings is 1. The molecule has 0 spiro atoms. The van der Waals surface area contributed by atoms with E-state index in [0.29, 0.717) is 12.8 Å². The van der Waals surface area contributed by atoms with Gasteiger partial charge in [0, 0.05) is 0 Å². The average molecular weight is 292 g/mol. The lowest BCUT2D eigenvalue weighted by atomic mass is 9.90. The van der Waals surface area contributed by atoms with E-state index in [9.17, 15) is 14.7 Å².